The van der Waals surface area contributed by atoms with Crippen LogP contribution in [-0.4, -0.2) is 24.3 Å². The number of halogens is 1. The van der Waals surface area contributed by atoms with Crippen molar-refractivity contribution in [3.05, 3.63) is 27.7 Å². The Morgan fingerprint density at radius 2 is 1.90 bits per heavy atom. The molecule has 4 heteroatoms. The van der Waals surface area contributed by atoms with Crippen LogP contribution in [0.25, 0.3) is 0 Å². The molecule has 0 aliphatic carbocycles. The minimum Gasteiger partial charge on any atom is -0.378 e. The lowest BCUT2D eigenvalue weighted by molar-refractivity contribution is -0.0736. The first kappa shape index (κ1) is 15.8. The molecule has 1 aliphatic rings. The molecule has 1 aromatic carbocycles. The third kappa shape index (κ3) is 3.35. The summed E-state index contributed by atoms with van der Waals surface area (Å²) in [6.45, 7) is 9.88. The standard InChI is InChI=1S/C16H25BrN2O/c1-11-7-13(8-12(2)14(11)17)19-16(10-18)5-6-20-15(3,4)9-16/h7-8,19H,5-6,9-10,18H2,1-4H3. The van der Waals surface area contributed by atoms with Crippen molar-refractivity contribution in [1.82, 2.24) is 0 Å². The summed E-state index contributed by atoms with van der Waals surface area (Å²) in [6.07, 6.45) is 1.87. The second-order valence-corrected chi connectivity index (χ2v) is 7.36. The van der Waals surface area contributed by atoms with Crippen LogP contribution in [0.15, 0.2) is 16.6 Å². The molecule has 0 bridgehead atoms. The van der Waals surface area contributed by atoms with Crippen molar-refractivity contribution in [2.45, 2.75) is 51.7 Å². The molecule has 1 unspecified atom stereocenters. The Morgan fingerprint density at radius 3 is 2.40 bits per heavy atom. The van der Waals surface area contributed by atoms with Crippen molar-refractivity contribution in [2.75, 3.05) is 18.5 Å². The van der Waals surface area contributed by atoms with E-state index in [4.69, 9.17) is 10.5 Å². The largest absolute Gasteiger partial charge is 0.378 e. The van der Waals surface area contributed by atoms with E-state index < -0.39 is 0 Å². The highest BCUT2D eigenvalue weighted by atomic mass is 79.9. The molecule has 1 fully saturated rings. The van der Waals surface area contributed by atoms with E-state index in [1.54, 1.807) is 0 Å². The predicted molar refractivity (Wildman–Crippen MR) is 88.3 cm³/mol. The number of nitrogens with one attached hydrogen (secondary N) is 1. The van der Waals surface area contributed by atoms with Gasteiger partial charge in [0.2, 0.25) is 0 Å². The number of aryl methyl sites for hydroxylation is 2. The van der Waals surface area contributed by atoms with Gasteiger partial charge >= 0.3 is 0 Å². The van der Waals surface area contributed by atoms with Crippen LogP contribution in [0.3, 0.4) is 0 Å². The SMILES string of the molecule is Cc1cc(NC2(CN)CCOC(C)(C)C2)cc(C)c1Br. The van der Waals surface area contributed by atoms with Gasteiger partial charge in [-0.25, -0.2) is 0 Å². The van der Waals surface area contributed by atoms with Gasteiger partial charge in [-0.15, -0.1) is 0 Å². The van der Waals surface area contributed by atoms with Gasteiger partial charge in [-0.3, -0.25) is 0 Å². The Labute approximate surface area is 130 Å². The molecule has 0 saturated carbocycles. The predicted octanol–water partition coefficient (Wildman–Crippen LogP) is 3.76. The average Bonchev–Trinajstić information content (AvgIpc) is 2.34. The fourth-order valence-corrected chi connectivity index (χ4v) is 3.36. The van der Waals surface area contributed by atoms with E-state index in [2.05, 4.69) is 61.1 Å². The zero-order valence-corrected chi connectivity index (χ0v) is 14.4. The van der Waals surface area contributed by atoms with Crippen LogP contribution in [0.4, 0.5) is 5.69 Å². The second kappa shape index (κ2) is 5.66. The highest BCUT2D eigenvalue weighted by molar-refractivity contribution is 9.10. The van der Waals surface area contributed by atoms with E-state index in [0.29, 0.717) is 6.54 Å². The molecular weight excluding hydrogens is 316 g/mol. The zero-order chi connectivity index (χ0) is 15.0. The monoisotopic (exact) mass is 340 g/mol. The van der Waals surface area contributed by atoms with E-state index in [9.17, 15) is 0 Å². The van der Waals surface area contributed by atoms with Gasteiger partial charge in [-0.2, -0.15) is 0 Å². The molecule has 1 aliphatic heterocycles. The molecule has 1 heterocycles. The summed E-state index contributed by atoms with van der Waals surface area (Å²) in [6, 6.07) is 4.36. The van der Waals surface area contributed by atoms with Crippen LogP contribution in [0.5, 0.6) is 0 Å². The van der Waals surface area contributed by atoms with Crippen LogP contribution in [-0.2, 0) is 4.74 Å². The Kier molecular flexibility index (Phi) is 4.47. The maximum absolute atomic E-state index is 6.09. The summed E-state index contributed by atoms with van der Waals surface area (Å²) in [4.78, 5) is 0. The van der Waals surface area contributed by atoms with Crippen molar-refractivity contribution in [3.8, 4) is 0 Å². The first-order valence-corrected chi connectivity index (χ1v) is 7.95. The molecule has 0 aromatic heterocycles. The molecule has 2 rings (SSSR count). The van der Waals surface area contributed by atoms with Gasteiger partial charge in [-0.1, -0.05) is 15.9 Å². The number of hydrogen-bond donors (Lipinski definition) is 2. The van der Waals surface area contributed by atoms with Crippen molar-refractivity contribution >= 4 is 21.6 Å². The second-order valence-electron chi connectivity index (χ2n) is 6.57. The highest BCUT2D eigenvalue weighted by Crippen LogP contribution is 2.35. The number of benzene rings is 1. The summed E-state index contributed by atoms with van der Waals surface area (Å²) in [5.74, 6) is 0. The Hall–Kier alpha value is -0.580. The molecule has 20 heavy (non-hydrogen) atoms. The normalized spacial score (nSPS) is 25.5. The molecule has 0 amide bonds. The van der Waals surface area contributed by atoms with Gasteiger partial charge in [0.05, 0.1) is 11.1 Å². The van der Waals surface area contributed by atoms with Gasteiger partial charge in [0.1, 0.15) is 0 Å². The lowest BCUT2D eigenvalue weighted by atomic mass is 9.81. The quantitative estimate of drug-likeness (QED) is 0.880. The topological polar surface area (TPSA) is 47.3 Å². The fourth-order valence-electron chi connectivity index (χ4n) is 3.13. The Morgan fingerprint density at radius 1 is 1.30 bits per heavy atom. The van der Waals surface area contributed by atoms with Gasteiger partial charge in [-0.05, 0) is 57.4 Å². The van der Waals surface area contributed by atoms with Gasteiger partial charge in [0.25, 0.3) is 0 Å². The summed E-state index contributed by atoms with van der Waals surface area (Å²) in [5, 5.41) is 3.68. The van der Waals surface area contributed by atoms with Crippen molar-refractivity contribution < 1.29 is 4.74 Å². The number of anilines is 1. The lowest BCUT2D eigenvalue weighted by Gasteiger charge is -2.45. The molecule has 3 nitrogen and oxygen atoms in total. The number of rotatable bonds is 3. The van der Waals surface area contributed by atoms with Gasteiger partial charge < -0.3 is 15.8 Å². The molecule has 0 spiro atoms. The van der Waals surface area contributed by atoms with Crippen LogP contribution in [0, 0.1) is 13.8 Å². The summed E-state index contributed by atoms with van der Waals surface area (Å²) < 4.78 is 7.00. The molecule has 3 N–H and O–H groups in total. The van der Waals surface area contributed by atoms with Gasteiger partial charge in [0, 0.05) is 29.7 Å². The van der Waals surface area contributed by atoms with E-state index in [-0.39, 0.29) is 11.1 Å². The van der Waals surface area contributed by atoms with Crippen LogP contribution >= 0.6 is 15.9 Å². The summed E-state index contributed by atoms with van der Waals surface area (Å²) >= 11 is 3.61. The first-order valence-electron chi connectivity index (χ1n) is 7.16. The van der Waals surface area contributed by atoms with Crippen molar-refractivity contribution in [2.24, 2.45) is 5.73 Å². The molecule has 1 saturated heterocycles. The Bertz CT molecular complexity index is 478. The third-order valence-electron chi connectivity index (χ3n) is 4.07. The van der Waals surface area contributed by atoms with E-state index in [1.165, 1.54) is 15.6 Å². The van der Waals surface area contributed by atoms with Crippen LogP contribution < -0.4 is 11.1 Å². The highest BCUT2D eigenvalue weighted by Gasteiger charge is 2.40. The fraction of sp³-hybridized carbons (Fsp3) is 0.625. The van der Waals surface area contributed by atoms with E-state index in [1.807, 2.05) is 0 Å². The maximum atomic E-state index is 6.09. The number of hydrogen-bond acceptors (Lipinski definition) is 3. The molecular formula is C16H25BrN2O. The lowest BCUT2D eigenvalue weighted by Crippen LogP contribution is -2.55. The van der Waals surface area contributed by atoms with Crippen LogP contribution in [0.2, 0.25) is 0 Å². The number of nitrogens with two attached hydrogens (primary N) is 1. The van der Waals surface area contributed by atoms with E-state index >= 15 is 0 Å². The summed E-state index contributed by atoms with van der Waals surface area (Å²) in [7, 11) is 0. The minimum absolute atomic E-state index is 0.0749. The number of ether oxygens (including phenoxy) is 1. The molecule has 112 valence electrons. The maximum Gasteiger partial charge on any atom is 0.0649 e. The third-order valence-corrected chi connectivity index (χ3v) is 5.33. The average molecular weight is 341 g/mol. The first-order chi connectivity index (χ1) is 9.27. The van der Waals surface area contributed by atoms with Crippen molar-refractivity contribution in [3.63, 3.8) is 0 Å². The van der Waals surface area contributed by atoms with Crippen molar-refractivity contribution in [1.29, 1.82) is 0 Å². The molecule has 1 aromatic rings. The molecule has 0 radical (unpaired) electrons. The van der Waals surface area contributed by atoms with E-state index in [0.717, 1.165) is 25.1 Å². The zero-order valence-electron chi connectivity index (χ0n) is 12.8. The smallest absolute Gasteiger partial charge is 0.0649 e. The van der Waals surface area contributed by atoms with Crippen LogP contribution in [0.1, 0.15) is 37.8 Å². The van der Waals surface area contributed by atoms with Gasteiger partial charge in [0.15, 0.2) is 0 Å². The minimum atomic E-state index is -0.121. The molecule has 1 atom stereocenters. The summed E-state index contributed by atoms with van der Waals surface area (Å²) in [5.41, 5.74) is 9.52. The Balaban J connectivity index is 2.26.